The van der Waals surface area contributed by atoms with E-state index in [0.717, 1.165) is 11.1 Å². The summed E-state index contributed by atoms with van der Waals surface area (Å²) >= 11 is 0. The van der Waals surface area contributed by atoms with Crippen molar-refractivity contribution >= 4 is 5.91 Å². The Balaban J connectivity index is 1.92. The number of nitrogens with two attached hydrogens (primary N) is 1. The molecular formula is C15H16N4O. The van der Waals surface area contributed by atoms with Gasteiger partial charge in [-0.2, -0.15) is 0 Å². The van der Waals surface area contributed by atoms with E-state index in [4.69, 9.17) is 5.73 Å². The highest BCUT2D eigenvalue weighted by atomic mass is 16.1. The number of benzene rings is 1. The summed E-state index contributed by atoms with van der Waals surface area (Å²) in [7, 11) is 1.82. The van der Waals surface area contributed by atoms with Crippen molar-refractivity contribution in [2.24, 2.45) is 12.8 Å². The number of rotatable bonds is 3. The molecule has 102 valence electrons. The molecule has 20 heavy (non-hydrogen) atoms. The molecule has 0 fully saturated rings. The maximum atomic E-state index is 11.8. The van der Waals surface area contributed by atoms with Crippen molar-refractivity contribution in [2.75, 3.05) is 6.54 Å². The summed E-state index contributed by atoms with van der Waals surface area (Å²) in [6, 6.07) is 7.67. The van der Waals surface area contributed by atoms with E-state index in [9.17, 15) is 4.79 Å². The SMILES string of the molecule is Cn1cnc(C(=O)NCc2ccc(C#CCN)cc2)c1. The lowest BCUT2D eigenvalue weighted by Crippen LogP contribution is -2.23. The number of nitrogens with zero attached hydrogens (tertiary/aromatic N) is 2. The van der Waals surface area contributed by atoms with E-state index in [2.05, 4.69) is 22.1 Å². The lowest BCUT2D eigenvalue weighted by atomic mass is 10.1. The molecule has 0 aliphatic rings. The molecule has 0 bridgehead atoms. The molecule has 0 unspecified atom stereocenters. The molecule has 1 amide bonds. The Labute approximate surface area is 117 Å². The summed E-state index contributed by atoms with van der Waals surface area (Å²) in [5.41, 5.74) is 7.65. The Morgan fingerprint density at radius 3 is 2.75 bits per heavy atom. The molecule has 2 aromatic rings. The van der Waals surface area contributed by atoms with Gasteiger partial charge in [0.1, 0.15) is 5.69 Å². The van der Waals surface area contributed by atoms with Crippen molar-refractivity contribution in [2.45, 2.75) is 6.54 Å². The van der Waals surface area contributed by atoms with Crippen LogP contribution in [0.2, 0.25) is 0 Å². The molecule has 0 radical (unpaired) electrons. The summed E-state index contributed by atoms with van der Waals surface area (Å²) in [4.78, 5) is 15.8. The molecule has 5 nitrogen and oxygen atoms in total. The van der Waals surface area contributed by atoms with Gasteiger partial charge in [-0.1, -0.05) is 24.0 Å². The average molecular weight is 268 g/mol. The van der Waals surface area contributed by atoms with Crippen LogP contribution in [0.3, 0.4) is 0 Å². The summed E-state index contributed by atoms with van der Waals surface area (Å²) in [5, 5.41) is 2.82. The lowest BCUT2D eigenvalue weighted by Gasteiger charge is -2.03. The maximum absolute atomic E-state index is 11.8. The minimum absolute atomic E-state index is 0.183. The van der Waals surface area contributed by atoms with Crippen molar-refractivity contribution < 1.29 is 4.79 Å². The highest BCUT2D eigenvalue weighted by Crippen LogP contribution is 2.03. The molecule has 2 rings (SSSR count). The molecule has 5 heteroatoms. The normalized spacial score (nSPS) is 9.70. The second-order valence-corrected chi connectivity index (χ2v) is 4.31. The van der Waals surface area contributed by atoms with Gasteiger partial charge in [-0.3, -0.25) is 4.79 Å². The summed E-state index contributed by atoms with van der Waals surface area (Å²) in [6.07, 6.45) is 3.28. The van der Waals surface area contributed by atoms with Gasteiger partial charge in [0, 0.05) is 25.4 Å². The zero-order valence-corrected chi connectivity index (χ0v) is 11.3. The van der Waals surface area contributed by atoms with Crippen LogP contribution in [-0.4, -0.2) is 22.0 Å². The second kappa shape index (κ2) is 6.55. The van der Waals surface area contributed by atoms with Gasteiger partial charge >= 0.3 is 0 Å². The molecule has 3 N–H and O–H groups in total. The van der Waals surface area contributed by atoms with Crippen LogP contribution in [0.1, 0.15) is 21.6 Å². The van der Waals surface area contributed by atoms with Crippen molar-refractivity contribution in [3.8, 4) is 11.8 Å². The Hall–Kier alpha value is -2.58. The number of carbonyl (C=O) groups excluding carboxylic acids is 1. The molecule has 0 saturated carbocycles. The van der Waals surface area contributed by atoms with Crippen LogP contribution < -0.4 is 11.1 Å². The van der Waals surface area contributed by atoms with Crippen LogP contribution in [0, 0.1) is 11.8 Å². The van der Waals surface area contributed by atoms with Gasteiger partial charge in [0.15, 0.2) is 0 Å². The molecule has 1 aromatic heterocycles. The van der Waals surface area contributed by atoms with Gasteiger partial charge < -0.3 is 15.6 Å². The number of carbonyl (C=O) groups is 1. The standard InChI is InChI=1S/C15H16N4O/c1-19-10-14(18-11-19)15(20)17-9-13-6-4-12(5-7-13)3-2-8-16/h4-7,10-11H,8-9,16H2,1H3,(H,17,20). The fourth-order valence-corrected chi connectivity index (χ4v) is 1.66. The maximum Gasteiger partial charge on any atom is 0.271 e. The van der Waals surface area contributed by atoms with Gasteiger partial charge in [0.2, 0.25) is 0 Å². The Morgan fingerprint density at radius 2 is 2.15 bits per heavy atom. The van der Waals surface area contributed by atoms with Crippen molar-refractivity contribution in [3.63, 3.8) is 0 Å². The first kappa shape index (κ1) is 13.8. The van der Waals surface area contributed by atoms with Gasteiger partial charge in [-0.15, -0.1) is 0 Å². The monoisotopic (exact) mass is 268 g/mol. The number of hydrogen-bond acceptors (Lipinski definition) is 3. The van der Waals surface area contributed by atoms with Gasteiger partial charge in [-0.05, 0) is 17.7 Å². The molecule has 0 aliphatic carbocycles. The predicted octanol–water partition coefficient (Wildman–Crippen LogP) is 0.660. The van der Waals surface area contributed by atoms with E-state index < -0.39 is 0 Å². The van der Waals surface area contributed by atoms with E-state index in [1.165, 1.54) is 0 Å². The third-order valence-corrected chi connectivity index (χ3v) is 2.68. The highest BCUT2D eigenvalue weighted by Gasteiger charge is 2.07. The fourth-order valence-electron chi connectivity index (χ4n) is 1.66. The number of nitrogens with one attached hydrogen (secondary N) is 1. The van der Waals surface area contributed by atoms with Crippen LogP contribution in [0.25, 0.3) is 0 Å². The average Bonchev–Trinajstić information content (AvgIpc) is 2.90. The molecular weight excluding hydrogens is 252 g/mol. The number of aryl methyl sites for hydroxylation is 1. The number of hydrogen-bond donors (Lipinski definition) is 2. The van der Waals surface area contributed by atoms with E-state index in [-0.39, 0.29) is 5.91 Å². The van der Waals surface area contributed by atoms with Crippen LogP contribution >= 0.6 is 0 Å². The summed E-state index contributed by atoms with van der Waals surface area (Å²) < 4.78 is 1.74. The van der Waals surface area contributed by atoms with E-state index >= 15 is 0 Å². The molecule has 0 aliphatic heterocycles. The number of aromatic nitrogens is 2. The first-order valence-electron chi connectivity index (χ1n) is 6.23. The molecule has 0 spiro atoms. The first-order valence-corrected chi connectivity index (χ1v) is 6.23. The predicted molar refractivity (Wildman–Crippen MR) is 76.8 cm³/mol. The second-order valence-electron chi connectivity index (χ2n) is 4.31. The zero-order chi connectivity index (χ0) is 14.4. The van der Waals surface area contributed by atoms with Crippen LogP contribution in [0.15, 0.2) is 36.8 Å². The highest BCUT2D eigenvalue weighted by molar-refractivity contribution is 5.91. The topological polar surface area (TPSA) is 72.9 Å². The molecule has 1 heterocycles. The molecule has 0 saturated heterocycles. The minimum Gasteiger partial charge on any atom is -0.347 e. The Bertz CT molecular complexity index is 647. The minimum atomic E-state index is -0.183. The van der Waals surface area contributed by atoms with Crippen LogP contribution in [-0.2, 0) is 13.6 Å². The van der Waals surface area contributed by atoms with E-state index in [0.29, 0.717) is 18.8 Å². The van der Waals surface area contributed by atoms with E-state index in [1.807, 2.05) is 31.3 Å². The Morgan fingerprint density at radius 1 is 1.40 bits per heavy atom. The van der Waals surface area contributed by atoms with Crippen molar-refractivity contribution in [3.05, 3.63) is 53.6 Å². The van der Waals surface area contributed by atoms with Crippen molar-refractivity contribution in [1.82, 2.24) is 14.9 Å². The lowest BCUT2D eigenvalue weighted by molar-refractivity contribution is 0.0946. The van der Waals surface area contributed by atoms with Crippen molar-refractivity contribution in [1.29, 1.82) is 0 Å². The van der Waals surface area contributed by atoms with E-state index in [1.54, 1.807) is 17.1 Å². The molecule has 1 aromatic carbocycles. The summed E-state index contributed by atoms with van der Waals surface area (Å²) in [5.74, 6) is 5.56. The summed E-state index contributed by atoms with van der Waals surface area (Å²) in [6.45, 7) is 0.807. The zero-order valence-electron chi connectivity index (χ0n) is 11.3. The smallest absolute Gasteiger partial charge is 0.271 e. The largest absolute Gasteiger partial charge is 0.347 e. The first-order chi connectivity index (χ1) is 9.69. The number of amides is 1. The van der Waals surface area contributed by atoms with Crippen LogP contribution in [0.4, 0.5) is 0 Å². The van der Waals surface area contributed by atoms with Gasteiger partial charge in [-0.25, -0.2) is 4.98 Å². The Kier molecular flexibility index (Phi) is 4.53. The van der Waals surface area contributed by atoms with Crippen LogP contribution in [0.5, 0.6) is 0 Å². The third-order valence-electron chi connectivity index (χ3n) is 2.68. The quantitative estimate of drug-likeness (QED) is 0.803. The fraction of sp³-hybridized carbons (Fsp3) is 0.200. The third kappa shape index (κ3) is 3.70. The number of imidazole rings is 1. The molecule has 0 atom stereocenters. The van der Waals surface area contributed by atoms with Gasteiger partial charge in [0.25, 0.3) is 5.91 Å². The van der Waals surface area contributed by atoms with Gasteiger partial charge in [0.05, 0.1) is 12.9 Å².